The summed E-state index contributed by atoms with van der Waals surface area (Å²) in [7, 11) is 1.00. The fraction of sp³-hybridized carbons (Fsp3) is 0.133. The maximum Gasteiger partial charge on any atom is 0.343 e. The van der Waals surface area contributed by atoms with Crippen LogP contribution in [-0.4, -0.2) is 33.4 Å². The number of carbonyl (C=O) groups is 2. The summed E-state index contributed by atoms with van der Waals surface area (Å²) in [4.78, 5) is 56.5. The van der Waals surface area contributed by atoms with Crippen LogP contribution in [0.4, 0.5) is 17.1 Å². The number of halogens is 1. The van der Waals surface area contributed by atoms with Crippen molar-refractivity contribution in [1.29, 1.82) is 0 Å². The number of pyridine rings is 1. The minimum atomic E-state index is -1.08. The third-order valence-electron chi connectivity index (χ3n) is 3.44. The van der Waals surface area contributed by atoms with E-state index >= 15 is 0 Å². The summed E-state index contributed by atoms with van der Waals surface area (Å²) in [6.45, 7) is -0.645. The van der Waals surface area contributed by atoms with Crippen molar-refractivity contribution in [3.05, 3.63) is 71.1 Å². The van der Waals surface area contributed by atoms with Crippen LogP contribution >= 0.6 is 15.9 Å². The second-order valence-electron chi connectivity index (χ2n) is 5.26. The van der Waals surface area contributed by atoms with E-state index in [0.717, 1.165) is 25.4 Å². The van der Waals surface area contributed by atoms with Crippen molar-refractivity contribution in [2.24, 2.45) is 0 Å². The summed E-state index contributed by atoms with van der Waals surface area (Å²) in [5.74, 6) is -1.84. The Bertz CT molecular complexity index is 1050. The SMILES string of the molecule is COC(=O)c1cc([N+](=O)[O-])cn(CC(=O)Nc2ccc([N+](=O)[O-])cc2Br)c1=O. The van der Waals surface area contributed by atoms with Gasteiger partial charge in [-0.1, -0.05) is 0 Å². The lowest BCUT2D eigenvalue weighted by Crippen LogP contribution is -2.31. The first-order valence-electron chi connectivity index (χ1n) is 7.35. The molecule has 2 aromatic rings. The van der Waals surface area contributed by atoms with E-state index in [1.165, 1.54) is 12.1 Å². The Balaban J connectivity index is 2.32. The van der Waals surface area contributed by atoms with E-state index in [4.69, 9.17) is 0 Å². The second kappa shape index (κ2) is 8.39. The third-order valence-corrected chi connectivity index (χ3v) is 4.10. The average molecular weight is 455 g/mol. The second-order valence-corrected chi connectivity index (χ2v) is 6.12. The topological polar surface area (TPSA) is 164 Å². The van der Waals surface area contributed by atoms with Crippen molar-refractivity contribution in [1.82, 2.24) is 4.57 Å². The Morgan fingerprint density at radius 3 is 2.36 bits per heavy atom. The van der Waals surface area contributed by atoms with Crippen molar-refractivity contribution in [2.45, 2.75) is 6.54 Å². The molecule has 1 heterocycles. The van der Waals surface area contributed by atoms with Crippen LogP contribution in [-0.2, 0) is 16.1 Å². The fourth-order valence-corrected chi connectivity index (χ4v) is 2.62. The number of methoxy groups -OCH3 is 1. The number of aromatic nitrogens is 1. The monoisotopic (exact) mass is 454 g/mol. The maximum absolute atomic E-state index is 12.3. The maximum atomic E-state index is 12.3. The number of benzene rings is 1. The zero-order valence-electron chi connectivity index (χ0n) is 14.1. The molecule has 28 heavy (non-hydrogen) atoms. The summed E-state index contributed by atoms with van der Waals surface area (Å²) in [5.41, 5.74) is -2.15. The van der Waals surface area contributed by atoms with Crippen molar-refractivity contribution in [3.63, 3.8) is 0 Å². The molecule has 0 saturated heterocycles. The van der Waals surface area contributed by atoms with Crippen LogP contribution in [0.3, 0.4) is 0 Å². The van der Waals surface area contributed by atoms with E-state index in [1.807, 2.05) is 0 Å². The Morgan fingerprint density at radius 2 is 1.82 bits per heavy atom. The van der Waals surface area contributed by atoms with Crippen molar-refractivity contribution < 1.29 is 24.2 Å². The van der Waals surface area contributed by atoms with Gasteiger partial charge in [0.25, 0.3) is 16.9 Å². The number of nitro benzene ring substituents is 1. The van der Waals surface area contributed by atoms with Crippen LogP contribution < -0.4 is 10.9 Å². The van der Waals surface area contributed by atoms with Crippen LogP contribution in [0, 0.1) is 20.2 Å². The standard InChI is InChI=1S/C15H11BrN4O8/c1-28-15(23)10-4-9(20(26)27)6-18(14(10)22)7-13(21)17-12-3-2-8(19(24)25)5-11(12)16/h2-6H,7H2,1H3,(H,17,21). The molecule has 0 fully saturated rings. The van der Waals surface area contributed by atoms with Crippen LogP contribution in [0.25, 0.3) is 0 Å². The zero-order valence-corrected chi connectivity index (χ0v) is 15.7. The van der Waals surface area contributed by atoms with Gasteiger partial charge in [0.05, 0.1) is 28.8 Å². The van der Waals surface area contributed by atoms with Gasteiger partial charge in [-0.3, -0.25) is 34.4 Å². The van der Waals surface area contributed by atoms with Crippen LogP contribution in [0.2, 0.25) is 0 Å². The molecule has 0 aliphatic rings. The lowest BCUT2D eigenvalue weighted by Gasteiger charge is -2.10. The van der Waals surface area contributed by atoms with Gasteiger partial charge in [0.2, 0.25) is 5.91 Å². The van der Waals surface area contributed by atoms with Gasteiger partial charge in [-0.25, -0.2) is 4.79 Å². The van der Waals surface area contributed by atoms with E-state index in [0.29, 0.717) is 4.57 Å². The molecule has 146 valence electrons. The molecular weight excluding hydrogens is 444 g/mol. The van der Waals surface area contributed by atoms with Gasteiger partial charge in [-0.2, -0.15) is 0 Å². The molecular formula is C15H11BrN4O8. The minimum absolute atomic E-state index is 0.183. The number of nitrogens with zero attached hydrogens (tertiary/aromatic N) is 3. The number of nitro groups is 2. The highest BCUT2D eigenvalue weighted by Crippen LogP contribution is 2.27. The minimum Gasteiger partial charge on any atom is -0.465 e. The molecule has 1 aromatic carbocycles. The summed E-state index contributed by atoms with van der Waals surface area (Å²) in [6.07, 6.45) is 0.819. The normalized spacial score (nSPS) is 10.2. The zero-order chi connectivity index (χ0) is 21.0. The number of rotatable bonds is 6. The molecule has 1 N–H and O–H groups in total. The number of carbonyl (C=O) groups excluding carboxylic acids is 2. The van der Waals surface area contributed by atoms with Gasteiger partial charge in [0, 0.05) is 22.7 Å². The number of anilines is 1. The predicted molar refractivity (Wildman–Crippen MR) is 98.1 cm³/mol. The van der Waals surface area contributed by atoms with E-state index < -0.39 is 45.1 Å². The highest BCUT2D eigenvalue weighted by atomic mass is 79.9. The third kappa shape index (κ3) is 4.56. The molecule has 13 heteroatoms. The molecule has 0 spiro atoms. The number of nitrogens with one attached hydrogen (secondary N) is 1. The number of hydrogen-bond acceptors (Lipinski definition) is 8. The Hall–Kier alpha value is -3.61. The lowest BCUT2D eigenvalue weighted by molar-refractivity contribution is -0.385. The molecule has 0 radical (unpaired) electrons. The van der Waals surface area contributed by atoms with Gasteiger partial charge < -0.3 is 10.1 Å². The number of ether oxygens (including phenoxy) is 1. The van der Waals surface area contributed by atoms with E-state index in [9.17, 15) is 34.6 Å². The van der Waals surface area contributed by atoms with Crippen molar-refractivity contribution in [2.75, 3.05) is 12.4 Å². The number of hydrogen-bond donors (Lipinski definition) is 1. The predicted octanol–water partition coefficient (Wildman–Crippen LogP) is 1.85. The number of non-ortho nitro benzene ring substituents is 1. The Labute approximate surface area is 164 Å². The molecule has 2 rings (SSSR count). The Kier molecular flexibility index (Phi) is 6.20. The van der Waals surface area contributed by atoms with Crippen LogP contribution in [0.1, 0.15) is 10.4 Å². The van der Waals surface area contributed by atoms with Gasteiger partial charge in [0.1, 0.15) is 12.1 Å². The first kappa shape index (κ1) is 20.7. The van der Waals surface area contributed by atoms with Gasteiger partial charge in [-0.15, -0.1) is 0 Å². The van der Waals surface area contributed by atoms with Gasteiger partial charge in [-0.05, 0) is 22.0 Å². The summed E-state index contributed by atoms with van der Waals surface area (Å²) >= 11 is 3.08. The number of esters is 1. The quantitative estimate of drug-likeness (QED) is 0.392. The van der Waals surface area contributed by atoms with Crippen LogP contribution in [0.5, 0.6) is 0 Å². The lowest BCUT2D eigenvalue weighted by atomic mass is 10.2. The van der Waals surface area contributed by atoms with Crippen molar-refractivity contribution >= 4 is 44.9 Å². The number of amides is 1. The summed E-state index contributed by atoms with van der Waals surface area (Å²) in [6, 6.07) is 4.37. The van der Waals surface area contributed by atoms with E-state index in [2.05, 4.69) is 26.0 Å². The molecule has 0 aliphatic heterocycles. The van der Waals surface area contributed by atoms with E-state index in [1.54, 1.807) is 0 Å². The molecule has 1 amide bonds. The first-order chi connectivity index (χ1) is 13.1. The van der Waals surface area contributed by atoms with Crippen LogP contribution in [0.15, 0.2) is 39.7 Å². The molecule has 0 unspecified atom stereocenters. The molecule has 0 bridgehead atoms. The molecule has 0 atom stereocenters. The molecule has 1 aromatic heterocycles. The van der Waals surface area contributed by atoms with Gasteiger partial charge in [0.15, 0.2) is 0 Å². The fourth-order valence-electron chi connectivity index (χ4n) is 2.16. The highest BCUT2D eigenvalue weighted by molar-refractivity contribution is 9.10. The Morgan fingerprint density at radius 1 is 1.18 bits per heavy atom. The molecule has 12 nitrogen and oxygen atoms in total. The molecule has 0 aliphatic carbocycles. The largest absolute Gasteiger partial charge is 0.465 e. The van der Waals surface area contributed by atoms with Crippen molar-refractivity contribution in [3.8, 4) is 0 Å². The smallest absolute Gasteiger partial charge is 0.343 e. The average Bonchev–Trinajstić information content (AvgIpc) is 2.63. The summed E-state index contributed by atoms with van der Waals surface area (Å²) in [5, 5.41) is 24.2. The first-order valence-corrected chi connectivity index (χ1v) is 8.14. The van der Waals surface area contributed by atoms with E-state index in [-0.39, 0.29) is 15.8 Å². The van der Waals surface area contributed by atoms with Gasteiger partial charge >= 0.3 is 5.97 Å². The molecule has 0 saturated carbocycles. The summed E-state index contributed by atoms with van der Waals surface area (Å²) < 4.78 is 5.33. The highest BCUT2D eigenvalue weighted by Gasteiger charge is 2.21.